The van der Waals surface area contributed by atoms with Crippen LogP contribution in [-0.4, -0.2) is 29.7 Å². The van der Waals surface area contributed by atoms with Gasteiger partial charge < -0.3 is 15.2 Å². The molecule has 5 nitrogen and oxygen atoms in total. The van der Waals surface area contributed by atoms with Crippen molar-refractivity contribution >= 4 is 23.2 Å². The fourth-order valence-corrected chi connectivity index (χ4v) is 3.64. The third-order valence-electron chi connectivity index (χ3n) is 5.17. The molecule has 0 spiro atoms. The summed E-state index contributed by atoms with van der Waals surface area (Å²) in [5.41, 5.74) is 1.10. The molecule has 1 heterocycles. The molecule has 0 aliphatic heterocycles. The SMILES string of the molecule is C#C/C=C(\C)C(C)/C=C\C(=C/CC)OC(C)c1ccc(C(=O)NCCC(=O)O)s1.C/C=C\C(C)C(F)(F)F. The normalized spacial score (nSPS) is 14.8. The van der Waals surface area contributed by atoms with Crippen molar-refractivity contribution in [1.29, 1.82) is 0 Å². The molecule has 0 radical (unpaired) electrons. The smallest absolute Gasteiger partial charge is 0.394 e. The molecule has 38 heavy (non-hydrogen) atoms. The lowest BCUT2D eigenvalue weighted by Gasteiger charge is -2.15. The van der Waals surface area contributed by atoms with Crippen molar-refractivity contribution in [2.24, 2.45) is 11.8 Å². The molecule has 1 aromatic heterocycles. The lowest BCUT2D eigenvalue weighted by molar-refractivity contribution is -0.156. The van der Waals surface area contributed by atoms with Crippen molar-refractivity contribution < 1.29 is 32.6 Å². The molecule has 0 fully saturated rings. The van der Waals surface area contributed by atoms with Gasteiger partial charge in [0.05, 0.1) is 17.2 Å². The van der Waals surface area contributed by atoms with E-state index in [2.05, 4.69) is 18.2 Å². The van der Waals surface area contributed by atoms with Crippen LogP contribution in [0.25, 0.3) is 0 Å². The number of amides is 1. The number of aliphatic carboxylic acids is 1. The molecule has 9 heteroatoms. The Bertz CT molecular complexity index is 1040. The number of terminal acetylenes is 1. The number of carboxylic acid groups (broad SMARTS) is 1. The second kappa shape index (κ2) is 18.1. The first-order chi connectivity index (χ1) is 17.8. The third-order valence-corrected chi connectivity index (χ3v) is 6.41. The van der Waals surface area contributed by atoms with Gasteiger partial charge in [0.25, 0.3) is 5.91 Å². The molecule has 1 amide bonds. The number of carbonyl (C=O) groups is 2. The molecular weight excluding hydrogens is 515 g/mol. The highest BCUT2D eigenvalue weighted by atomic mass is 32.1. The number of thiophene rings is 1. The minimum absolute atomic E-state index is 0.102. The number of halogens is 3. The van der Waals surface area contributed by atoms with Gasteiger partial charge in [0.1, 0.15) is 11.9 Å². The molecule has 2 N–H and O–H groups in total. The van der Waals surface area contributed by atoms with Crippen LogP contribution in [0, 0.1) is 24.2 Å². The largest absolute Gasteiger partial charge is 0.486 e. The van der Waals surface area contributed by atoms with Crippen molar-refractivity contribution in [3.8, 4) is 12.3 Å². The molecule has 0 aliphatic rings. The Balaban J connectivity index is 0.00000129. The summed E-state index contributed by atoms with van der Waals surface area (Å²) < 4.78 is 40.8. The van der Waals surface area contributed by atoms with Crippen molar-refractivity contribution in [3.05, 3.63) is 69.7 Å². The molecule has 0 bridgehead atoms. The van der Waals surface area contributed by atoms with E-state index < -0.39 is 18.1 Å². The van der Waals surface area contributed by atoms with E-state index in [9.17, 15) is 22.8 Å². The van der Waals surface area contributed by atoms with Gasteiger partial charge in [-0.15, -0.1) is 17.8 Å². The van der Waals surface area contributed by atoms with Crippen LogP contribution in [0.2, 0.25) is 0 Å². The standard InChI is InChI=1S/C23H29NO4S.C6H9F3/c1-6-8-16(3)17(4)10-11-19(9-7-2)28-18(5)20-12-13-21(29-20)23(27)24-15-14-22(25)26;1-3-4-5(2)6(7,8)9/h1,8-13,17-18H,7,14-15H2,2-5H3,(H,24,27)(H,25,26);3-5H,1-2H3/b11-10-,16-8+,19-9+;4-3-. The van der Waals surface area contributed by atoms with Gasteiger partial charge in [0.2, 0.25) is 0 Å². The Labute approximate surface area is 228 Å². The fourth-order valence-electron chi connectivity index (χ4n) is 2.73. The highest BCUT2D eigenvalue weighted by Crippen LogP contribution is 2.28. The van der Waals surface area contributed by atoms with Gasteiger partial charge in [-0.1, -0.05) is 50.5 Å². The Hall–Kier alpha value is -3.25. The molecule has 0 saturated carbocycles. The van der Waals surface area contributed by atoms with Gasteiger partial charge in [0.15, 0.2) is 0 Å². The maximum atomic E-state index is 12.1. The monoisotopic (exact) mass is 553 g/mol. The van der Waals surface area contributed by atoms with E-state index in [4.69, 9.17) is 16.3 Å². The molecule has 3 unspecified atom stereocenters. The van der Waals surface area contributed by atoms with Crippen molar-refractivity contribution in [2.75, 3.05) is 6.54 Å². The van der Waals surface area contributed by atoms with Gasteiger partial charge in [-0.2, -0.15) is 13.2 Å². The number of carboxylic acids is 1. The molecule has 3 atom stereocenters. The van der Waals surface area contributed by atoms with E-state index in [1.807, 2.05) is 45.1 Å². The molecule has 0 aliphatic carbocycles. The summed E-state index contributed by atoms with van der Waals surface area (Å²) >= 11 is 1.34. The van der Waals surface area contributed by atoms with Crippen molar-refractivity contribution in [1.82, 2.24) is 5.32 Å². The molecular formula is C29H38F3NO4S. The number of allylic oxidation sites excluding steroid dienone is 7. The maximum absolute atomic E-state index is 12.1. The highest BCUT2D eigenvalue weighted by molar-refractivity contribution is 7.14. The average molecular weight is 554 g/mol. The lowest BCUT2D eigenvalue weighted by Crippen LogP contribution is -2.25. The van der Waals surface area contributed by atoms with Crippen LogP contribution in [0.15, 0.2) is 59.9 Å². The number of rotatable bonds is 12. The summed E-state index contributed by atoms with van der Waals surface area (Å²) in [6.45, 7) is 10.8. The molecule has 1 aromatic rings. The third kappa shape index (κ3) is 14.5. The van der Waals surface area contributed by atoms with E-state index in [1.165, 1.54) is 17.4 Å². The zero-order valence-electron chi connectivity index (χ0n) is 22.8. The van der Waals surface area contributed by atoms with Crippen LogP contribution in [-0.2, 0) is 9.53 Å². The molecule has 0 aromatic carbocycles. The first kappa shape index (κ1) is 34.8. The fraction of sp³-hybridized carbons (Fsp3) is 0.448. The number of carbonyl (C=O) groups excluding carboxylic acids is 1. The van der Waals surface area contributed by atoms with Gasteiger partial charge in [-0.3, -0.25) is 9.59 Å². The van der Waals surface area contributed by atoms with E-state index in [0.29, 0.717) is 4.88 Å². The Morgan fingerprint density at radius 3 is 2.39 bits per heavy atom. The van der Waals surface area contributed by atoms with E-state index in [-0.39, 0.29) is 30.9 Å². The average Bonchev–Trinajstić information content (AvgIpc) is 3.33. The van der Waals surface area contributed by atoms with E-state index >= 15 is 0 Å². The second-order valence-electron chi connectivity index (χ2n) is 8.44. The second-order valence-corrected chi connectivity index (χ2v) is 9.55. The van der Waals surface area contributed by atoms with Gasteiger partial charge in [-0.05, 0) is 63.5 Å². The first-order valence-corrected chi connectivity index (χ1v) is 13.0. The summed E-state index contributed by atoms with van der Waals surface area (Å²) in [6.07, 6.45) is 12.1. The van der Waals surface area contributed by atoms with Crippen molar-refractivity contribution in [3.63, 3.8) is 0 Å². The number of hydrogen-bond donors (Lipinski definition) is 2. The Morgan fingerprint density at radius 1 is 1.24 bits per heavy atom. The minimum Gasteiger partial charge on any atom is -0.486 e. The number of ether oxygens (including phenoxy) is 1. The predicted octanol–water partition coefficient (Wildman–Crippen LogP) is 7.86. The summed E-state index contributed by atoms with van der Waals surface area (Å²) in [5, 5.41) is 11.3. The van der Waals surface area contributed by atoms with Gasteiger partial charge in [-0.25, -0.2) is 0 Å². The predicted molar refractivity (Wildman–Crippen MR) is 148 cm³/mol. The van der Waals surface area contributed by atoms with Crippen molar-refractivity contribution in [2.45, 2.75) is 66.7 Å². The Kier molecular flexibility index (Phi) is 16.5. The minimum atomic E-state index is -4.08. The van der Waals surface area contributed by atoms with E-state index in [0.717, 1.165) is 35.6 Å². The van der Waals surface area contributed by atoms with Crippen LogP contribution in [0.3, 0.4) is 0 Å². The highest BCUT2D eigenvalue weighted by Gasteiger charge is 2.33. The molecule has 1 rings (SSSR count). The zero-order chi connectivity index (χ0) is 29.3. The summed E-state index contributed by atoms with van der Waals surface area (Å²) in [7, 11) is 0. The Morgan fingerprint density at radius 2 is 1.89 bits per heavy atom. The van der Waals surface area contributed by atoms with Crippen LogP contribution in [0.5, 0.6) is 0 Å². The van der Waals surface area contributed by atoms with Crippen LogP contribution >= 0.6 is 11.3 Å². The van der Waals surface area contributed by atoms with Gasteiger partial charge >= 0.3 is 12.1 Å². The molecule has 210 valence electrons. The topological polar surface area (TPSA) is 75.6 Å². The first-order valence-electron chi connectivity index (χ1n) is 12.2. The maximum Gasteiger partial charge on any atom is 0.394 e. The summed E-state index contributed by atoms with van der Waals surface area (Å²) in [6, 6.07) is 3.59. The molecule has 0 saturated heterocycles. The quantitative estimate of drug-likeness (QED) is 0.120. The van der Waals surface area contributed by atoms with Crippen LogP contribution < -0.4 is 5.32 Å². The van der Waals surface area contributed by atoms with E-state index in [1.54, 1.807) is 19.1 Å². The summed E-state index contributed by atoms with van der Waals surface area (Å²) in [4.78, 5) is 24.1. The number of hydrogen-bond acceptors (Lipinski definition) is 4. The number of nitrogens with one attached hydrogen (secondary N) is 1. The van der Waals surface area contributed by atoms with Gasteiger partial charge in [0, 0.05) is 11.4 Å². The van der Waals surface area contributed by atoms with Crippen LogP contribution in [0.1, 0.15) is 75.0 Å². The van der Waals surface area contributed by atoms with Crippen LogP contribution in [0.4, 0.5) is 13.2 Å². The zero-order valence-corrected chi connectivity index (χ0v) is 23.6. The lowest BCUT2D eigenvalue weighted by atomic mass is 10.0. The summed E-state index contributed by atoms with van der Waals surface area (Å²) in [5.74, 6) is 0.975. The number of alkyl halides is 3.